The minimum atomic E-state index is -0.615. The van der Waals surface area contributed by atoms with E-state index in [1.807, 2.05) is 84.9 Å². The maximum absolute atomic E-state index is 12.8. The predicted molar refractivity (Wildman–Crippen MR) is 156 cm³/mol. The van der Waals surface area contributed by atoms with Crippen LogP contribution in [0.2, 0.25) is 0 Å². The largest absolute Gasteiger partial charge is 0.489 e. The van der Waals surface area contributed by atoms with Gasteiger partial charge in [0.15, 0.2) is 5.96 Å². The minimum Gasteiger partial charge on any atom is -0.489 e. The van der Waals surface area contributed by atoms with E-state index in [0.717, 1.165) is 52.9 Å². The van der Waals surface area contributed by atoms with Crippen molar-refractivity contribution >= 4 is 23.4 Å². The number of nitrogens with zero attached hydrogens (tertiary/aromatic N) is 3. The predicted octanol–water partition coefficient (Wildman–Crippen LogP) is 4.68. The molecule has 0 fully saturated rings. The van der Waals surface area contributed by atoms with Crippen LogP contribution in [-0.2, 0) is 22.6 Å². The average Bonchev–Trinajstić information content (AvgIpc) is 3.51. The number of guanidine groups is 1. The highest BCUT2D eigenvalue weighted by molar-refractivity contribution is 5.94. The first kappa shape index (κ1) is 26.7. The molecule has 0 radical (unpaired) electrons. The highest BCUT2D eigenvalue weighted by Crippen LogP contribution is 2.23. The van der Waals surface area contributed by atoms with E-state index in [-0.39, 0.29) is 5.97 Å². The quantitative estimate of drug-likeness (QED) is 0.237. The van der Waals surface area contributed by atoms with Gasteiger partial charge >= 0.3 is 5.97 Å². The van der Waals surface area contributed by atoms with Gasteiger partial charge in [0.2, 0.25) is 0 Å². The van der Waals surface area contributed by atoms with Crippen LogP contribution in [0.15, 0.2) is 96.2 Å². The van der Waals surface area contributed by atoms with Crippen LogP contribution in [0, 0.1) is 0 Å². The van der Waals surface area contributed by atoms with Gasteiger partial charge in [-0.05, 0) is 54.4 Å². The first-order chi connectivity index (χ1) is 19.7. The summed E-state index contributed by atoms with van der Waals surface area (Å²) in [6.07, 6.45) is 1.92. The van der Waals surface area contributed by atoms with Crippen LogP contribution in [0.1, 0.15) is 18.1 Å². The van der Waals surface area contributed by atoms with E-state index in [4.69, 9.17) is 9.47 Å². The fourth-order valence-electron chi connectivity index (χ4n) is 4.25. The highest BCUT2D eigenvalue weighted by Gasteiger charge is 2.21. The Morgan fingerprint density at radius 2 is 1.77 bits per heavy atom. The molecule has 0 saturated heterocycles. The topological polar surface area (TPSA) is 110 Å². The summed E-state index contributed by atoms with van der Waals surface area (Å²) in [5.41, 5.74) is 4.66. The molecule has 204 valence electrons. The van der Waals surface area contributed by atoms with Crippen molar-refractivity contribution in [3.63, 3.8) is 0 Å². The van der Waals surface area contributed by atoms with Crippen LogP contribution < -0.4 is 20.7 Å². The molecule has 0 amide bonds. The molecule has 5 rings (SSSR count). The summed E-state index contributed by atoms with van der Waals surface area (Å²) in [6, 6.07) is 26.9. The zero-order chi connectivity index (χ0) is 27.6. The fraction of sp³-hybridized carbons (Fsp3) is 0.226. The second kappa shape index (κ2) is 13.2. The van der Waals surface area contributed by atoms with E-state index in [0.29, 0.717) is 25.5 Å². The summed E-state index contributed by atoms with van der Waals surface area (Å²) >= 11 is 0. The molecule has 1 aliphatic rings. The van der Waals surface area contributed by atoms with Crippen molar-refractivity contribution in [3.8, 4) is 17.0 Å². The van der Waals surface area contributed by atoms with Crippen LogP contribution >= 0.6 is 0 Å². The van der Waals surface area contributed by atoms with Crippen molar-refractivity contribution in [2.24, 2.45) is 4.99 Å². The number of nitrogens with one attached hydrogen (secondary N) is 3. The molecule has 1 aliphatic heterocycles. The van der Waals surface area contributed by atoms with Crippen LogP contribution in [0.4, 0.5) is 11.5 Å². The number of esters is 1. The summed E-state index contributed by atoms with van der Waals surface area (Å²) in [5, 5.41) is 9.69. The molecular formula is C31H32N6O3. The van der Waals surface area contributed by atoms with Gasteiger partial charge in [-0.1, -0.05) is 42.5 Å². The molecule has 0 spiro atoms. The third-order valence-electron chi connectivity index (χ3n) is 6.29. The third kappa shape index (κ3) is 7.35. The maximum Gasteiger partial charge on any atom is 0.328 e. The molecule has 0 aliphatic carbocycles. The number of hydrogen-bond acceptors (Lipinski definition) is 9. The van der Waals surface area contributed by atoms with Gasteiger partial charge < -0.3 is 25.4 Å². The minimum absolute atomic E-state index is 0.294. The third-order valence-corrected chi connectivity index (χ3v) is 6.29. The summed E-state index contributed by atoms with van der Waals surface area (Å²) in [5.74, 6) is 1.74. The fourth-order valence-corrected chi connectivity index (χ4v) is 4.25. The van der Waals surface area contributed by atoms with E-state index in [1.165, 1.54) is 6.33 Å². The van der Waals surface area contributed by atoms with Crippen LogP contribution in [0.25, 0.3) is 11.3 Å². The zero-order valence-electron chi connectivity index (χ0n) is 22.3. The molecule has 3 aromatic carbocycles. The van der Waals surface area contributed by atoms with Crippen LogP contribution in [0.5, 0.6) is 5.75 Å². The van der Waals surface area contributed by atoms with Gasteiger partial charge in [0.05, 0.1) is 18.8 Å². The van der Waals surface area contributed by atoms with Crippen molar-refractivity contribution in [1.29, 1.82) is 0 Å². The number of aliphatic imine (C=N–C) groups is 1. The SMILES string of the molecule is CCOC(=O)[C@H](Cc1ccc(NC2=NCCN2)cc1)Nc1cc(-c2ccc(OCc3ccccc3)cc2)ncn1. The van der Waals surface area contributed by atoms with Gasteiger partial charge in [-0.15, -0.1) is 0 Å². The van der Waals surface area contributed by atoms with E-state index in [1.54, 1.807) is 6.92 Å². The summed E-state index contributed by atoms with van der Waals surface area (Å²) in [4.78, 5) is 26.0. The summed E-state index contributed by atoms with van der Waals surface area (Å²) in [7, 11) is 0. The zero-order valence-corrected chi connectivity index (χ0v) is 22.3. The van der Waals surface area contributed by atoms with Crippen molar-refractivity contribution in [2.75, 3.05) is 30.3 Å². The molecule has 40 heavy (non-hydrogen) atoms. The smallest absolute Gasteiger partial charge is 0.328 e. The number of carbonyl (C=O) groups is 1. The second-order valence-electron chi connectivity index (χ2n) is 9.22. The molecule has 1 atom stereocenters. The first-order valence-corrected chi connectivity index (χ1v) is 13.3. The Morgan fingerprint density at radius 1 is 0.975 bits per heavy atom. The molecule has 9 nitrogen and oxygen atoms in total. The van der Waals surface area contributed by atoms with Crippen LogP contribution in [-0.4, -0.2) is 47.6 Å². The van der Waals surface area contributed by atoms with E-state index in [9.17, 15) is 4.79 Å². The number of anilines is 2. The Bertz CT molecular complexity index is 1430. The van der Waals surface area contributed by atoms with Crippen molar-refractivity contribution in [2.45, 2.75) is 26.0 Å². The molecule has 0 unspecified atom stereocenters. The molecule has 2 heterocycles. The Kier molecular flexibility index (Phi) is 8.83. The van der Waals surface area contributed by atoms with Crippen molar-refractivity contribution in [3.05, 3.63) is 102 Å². The first-order valence-electron chi connectivity index (χ1n) is 13.3. The number of hydrogen-bond donors (Lipinski definition) is 3. The number of benzene rings is 3. The van der Waals surface area contributed by atoms with E-state index in [2.05, 4.69) is 30.9 Å². The molecule has 3 N–H and O–H groups in total. The average molecular weight is 537 g/mol. The standard InChI is InChI=1S/C31H32N6O3/c1-2-39-30(38)28(18-22-8-12-25(13-9-22)36-31-32-16-17-33-31)37-29-19-27(34-21-35-29)24-10-14-26(15-11-24)40-20-23-6-4-3-5-7-23/h3-15,19,21,28H,2,16-18,20H2,1H3,(H2,32,33,36)(H,34,35,37)/t28-/m0/s1. The lowest BCUT2D eigenvalue weighted by atomic mass is 10.1. The van der Waals surface area contributed by atoms with Crippen molar-refractivity contribution in [1.82, 2.24) is 15.3 Å². The van der Waals surface area contributed by atoms with Gasteiger partial charge in [-0.2, -0.15) is 0 Å². The normalized spacial score (nSPS) is 13.1. The van der Waals surface area contributed by atoms with E-state index >= 15 is 0 Å². The Balaban J connectivity index is 1.24. The Hall–Kier alpha value is -4.92. The lowest BCUT2D eigenvalue weighted by molar-refractivity contribution is -0.144. The highest BCUT2D eigenvalue weighted by atomic mass is 16.5. The molecule has 4 aromatic rings. The number of aromatic nitrogens is 2. The van der Waals surface area contributed by atoms with Gasteiger partial charge in [0.25, 0.3) is 0 Å². The number of carbonyl (C=O) groups excluding carboxylic acids is 1. The summed E-state index contributed by atoms with van der Waals surface area (Å²) < 4.78 is 11.2. The summed E-state index contributed by atoms with van der Waals surface area (Å²) in [6.45, 7) is 4.20. The lowest BCUT2D eigenvalue weighted by Crippen LogP contribution is -2.34. The van der Waals surface area contributed by atoms with E-state index < -0.39 is 6.04 Å². The second-order valence-corrected chi connectivity index (χ2v) is 9.22. The monoisotopic (exact) mass is 536 g/mol. The van der Waals surface area contributed by atoms with Gasteiger partial charge in [0, 0.05) is 30.3 Å². The Labute approximate surface area is 233 Å². The van der Waals surface area contributed by atoms with Gasteiger partial charge in [-0.25, -0.2) is 14.8 Å². The van der Waals surface area contributed by atoms with Gasteiger partial charge in [0.1, 0.15) is 30.5 Å². The van der Waals surface area contributed by atoms with Crippen molar-refractivity contribution < 1.29 is 14.3 Å². The molecular weight excluding hydrogens is 504 g/mol. The Morgan fingerprint density at radius 3 is 2.50 bits per heavy atom. The molecule has 9 heteroatoms. The number of rotatable bonds is 11. The molecule has 1 aromatic heterocycles. The number of ether oxygens (including phenoxy) is 2. The van der Waals surface area contributed by atoms with Crippen LogP contribution in [0.3, 0.4) is 0 Å². The van der Waals surface area contributed by atoms with Gasteiger partial charge in [-0.3, -0.25) is 4.99 Å². The molecule has 0 bridgehead atoms. The maximum atomic E-state index is 12.8. The lowest BCUT2D eigenvalue weighted by Gasteiger charge is -2.18. The molecule has 0 saturated carbocycles.